The van der Waals surface area contributed by atoms with Crippen LogP contribution < -0.4 is 0 Å². The largest absolute Gasteiger partial charge is 0.466 e. The van der Waals surface area contributed by atoms with Crippen LogP contribution in [0, 0.1) is 0 Å². The van der Waals surface area contributed by atoms with Crippen molar-refractivity contribution in [1.29, 1.82) is 0 Å². The molecule has 0 fully saturated rings. The van der Waals surface area contributed by atoms with Crippen molar-refractivity contribution < 1.29 is 19.7 Å². The Hall–Kier alpha value is -0.610. The lowest BCUT2D eigenvalue weighted by Crippen LogP contribution is -2.26. The molecule has 0 aromatic rings. The van der Waals surface area contributed by atoms with Crippen LogP contribution in [0.15, 0.2) is 0 Å². The minimum Gasteiger partial charge on any atom is -0.466 e. The average Bonchev–Trinajstić information content (AvgIpc) is 2.57. The zero-order valence-electron chi connectivity index (χ0n) is 16.0. The minimum absolute atomic E-state index is 0.187. The van der Waals surface area contributed by atoms with E-state index in [0.29, 0.717) is 32.3 Å². The molecule has 0 amide bonds. The Morgan fingerprint density at radius 2 is 1.25 bits per heavy atom. The van der Waals surface area contributed by atoms with E-state index in [1.165, 1.54) is 38.5 Å². The van der Waals surface area contributed by atoms with Crippen LogP contribution in [0.5, 0.6) is 0 Å². The Labute approximate surface area is 149 Å². The lowest BCUT2D eigenvalue weighted by molar-refractivity contribution is -0.144. The first kappa shape index (κ1) is 23.4. The van der Waals surface area contributed by atoms with Crippen molar-refractivity contribution in [2.24, 2.45) is 0 Å². The van der Waals surface area contributed by atoms with Crippen LogP contribution in [0.1, 0.15) is 104 Å². The molecule has 0 aliphatic heterocycles. The zero-order chi connectivity index (χ0) is 18.0. The van der Waals surface area contributed by atoms with Crippen molar-refractivity contribution in [1.82, 2.24) is 0 Å². The van der Waals surface area contributed by atoms with Gasteiger partial charge in [-0.05, 0) is 25.7 Å². The summed E-state index contributed by atoms with van der Waals surface area (Å²) in [7, 11) is 0. The highest BCUT2D eigenvalue weighted by molar-refractivity contribution is 5.69. The third-order valence-corrected chi connectivity index (χ3v) is 4.44. The molecule has 0 radical (unpaired) electrons. The molecule has 0 aliphatic rings. The highest BCUT2D eigenvalue weighted by Crippen LogP contribution is 2.13. The summed E-state index contributed by atoms with van der Waals surface area (Å²) in [5.74, 6) is -0.187. The molecule has 4 heteroatoms. The van der Waals surface area contributed by atoms with Crippen LogP contribution in [0.25, 0.3) is 0 Å². The van der Waals surface area contributed by atoms with Gasteiger partial charge in [0.15, 0.2) is 0 Å². The van der Waals surface area contributed by atoms with E-state index >= 15 is 0 Å². The third-order valence-electron chi connectivity index (χ3n) is 4.44. The number of aliphatic hydroxyl groups excluding tert-OH is 2. The number of unbranched alkanes of at least 4 members (excludes halogenated alkanes) is 8. The number of carbonyl (C=O) groups excluding carboxylic acids is 1. The molecular formula is C20H40O4. The molecule has 0 spiro atoms. The van der Waals surface area contributed by atoms with Gasteiger partial charge in [-0.2, -0.15) is 0 Å². The predicted octanol–water partition coefficient (Wildman–Crippen LogP) is 4.75. The molecule has 0 rings (SSSR count). The Morgan fingerprint density at radius 3 is 1.88 bits per heavy atom. The Morgan fingerprint density at radius 1 is 0.750 bits per heavy atom. The highest BCUT2D eigenvalue weighted by atomic mass is 16.5. The minimum atomic E-state index is -0.724. The summed E-state index contributed by atoms with van der Waals surface area (Å²) >= 11 is 0. The zero-order valence-corrected chi connectivity index (χ0v) is 16.0. The summed E-state index contributed by atoms with van der Waals surface area (Å²) in [5.41, 5.74) is 0. The fourth-order valence-corrected chi connectivity index (χ4v) is 2.76. The van der Waals surface area contributed by atoms with Gasteiger partial charge >= 0.3 is 5.97 Å². The molecule has 0 aromatic carbocycles. The SMILES string of the molecule is CCCCCCCCOC(=O)CCCC(O)C(O)CCCCCC. The predicted molar refractivity (Wildman–Crippen MR) is 99.0 cm³/mol. The lowest BCUT2D eigenvalue weighted by atomic mass is 10.0. The summed E-state index contributed by atoms with van der Waals surface area (Å²) in [4.78, 5) is 11.6. The summed E-state index contributed by atoms with van der Waals surface area (Å²) in [5, 5.41) is 19.8. The van der Waals surface area contributed by atoms with Crippen LogP contribution in [0.2, 0.25) is 0 Å². The fourth-order valence-electron chi connectivity index (χ4n) is 2.76. The molecule has 2 atom stereocenters. The normalized spacial score (nSPS) is 13.7. The van der Waals surface area contributed by atoms with Gasteiger partial charge in [0.05, 0.1) is 18.8 Å². The molecule has 0 aliphatic carbocycles. The van der Waals surface area contributed by atoms with Gasteiger partial charge in [-0.3, -0.25) is 4.79 Å². The molecule has 4 nitrogen and oxygen atoms in total. The summed E-state index contributed by atoms with van der Waals surface area (Å²) < 4.78 is 5.20. The van der Waals surface area contributed by atoms with Gasteiger partial charge in [0.25, 0.3) is 0 Å². The molecule has 0 saturated carbocycles. The van der Waals surface area contributed by atoms with E-state index in [1.54, 1.807) is 0 Å². The van der Waals surface area contributed by atoms with Crippen LogP contribution in [-0.2, 0) is 9.53 Å². The van der Waals surface area contributed by atoms with Crippen molar-refractivity contribution in [2.45, 2.75) is 116 Å². The standard InChI is InChI=1S/C20H40O4/c1-3-5-7-9-10-12-17-24-20(23)16-13-15-19(22)18(21)14-11-8-6-4-2/h18-19,21-22H,3-17H2,1-2H3. The Bertz CT molecular complexity index is 281. The van der Waals surface area contributed by atoms with Gasteiger partial charge in [-0.1, -0.05) is 71.6 Å². The van der Waals surface area contributed by atoms with Crippen LogP contribution in [0.3, 0.4) is 0 Å². The number of rotatable bonds is 17. The second kappa shape index (κ2) is 17.2. The molecule has 0 aromatic heterocycles. The van der Waals surface area contributed by atoms with Crippen LogP contribution >= 0.6 is 0 Å². The van der Waals surface area contributed by atoms with Crippen molar-refractivity contribution in [3.63, 3.8) is 0 Å². The first-order valence-electron chi connectivity index (χ1n) is 10.1. The third kappa shape index (κ3) is 14.9. The molecule has 2 N–H and O–H groups in total. The maximum Gasteiger partial charge on any atom is 0.305 e. The fraction of sp³-hybridized carbons (Fsp3) is 0.950. The first-order valence-corrected chi connectivity index (χ1v) is 10.1. The molecule has 0 saturated heterocycles. The van der Waals surface area contributed by atoms with Gasteiger partial charge in [0, 0.05) is 6.42 Å². The average molecular weight is 345 g/mol. The van der Waals surface area contributed by atoms with E-state index in [0.717, 1.165) is 25.7 Å². The lowest BCUT2D eigenvalue weighted by Gasteiger charge is -2.17. The van der Waals surface area contributed by atoms with Gasteiger partial charge in [0.1, 0.15) is 0 Å². The van der Waals surface area contributed by atoms with Gasteiger partial charge in [-0.15, -0.1) is 0 Å². The number of hydrogen-bond donors (Lipinski definition) is 2. The second-order valence-electron chi connectivity index (χ2n) is 6.86. The number of aliphatic hydroxyl groups is 2. The number of ether oxygens (including phenoxy) is 1. The van der Waals surface area contributed by atoms with E-state index in [2.05, 4.69) is 13.8 Å². The quantitative estimate of drug-likeness (QED) is 0.295. The second-order valence-corrected chi connectivity index (χ2v) is 6.86. The smallest absolute Gasteiger partial charge is 0.305 e. The number of hydrogen-bond acceptors (Lipinski definition) is 4. The maximum atomic E-state index is 11.6. The summed E-state index contributed by atoms with van der Waals surface area (Å²) in [6, 6.07) is 0. The highest BCUT2D eigenvalue weighted by Gasteiger charge is 2.16. The van der Waals surface area contributed by atoms with Crippen molar-refractivity contribution in [2.75, 3.05) is 6.61 Å². The Kier molecular flexibility index (Phi) is 16.8. The molecule has 0 bridgehead atoms. The van der Waals surface area contributed by atoms with Crippen LogP contribution in [-0.4, -0.2) is 35.0 Å². The van der Waals surface area contributed by atoms with Gasteiger partial charge in [0.2, 0.25) is 0 Å². The van der Waals surface area contributed by atoms with Crippen molar-refractivity contribution >= 4 is 5.97 Å². The Balaban J connectivity index is 3.48. The molecular weight excluding hydrogens is 304 g/mol. The summed E-state index contributed by atoms with van der Waals surface area (Å²) in [6.07, 6.45) is 12.1. The molecule has 24 heavy (non-hydrogen) atoms. The monoisotopic (exact) mass is 344 g/mol. The summed E-state index contributed by atoms with van der Waals surface area (Å²) in [6.45, 7) is 4.86. The van der Waals surface area contributed by atoms with Gasteiger partial charge < -0.3 is 14.9 Å². The molecule has 2 unspecified atom stereocenters. The molecule has 144 valence electrons. The molecule has 0 heterocycles. The van der Waals surface area contributed by atoms with E-state index in [1.807, 2.05) is 0 Å². The maximum absolute atomic E-state index is 11.6. The van der Waals surface area contributed by atoms with E-state index in [9.17, 15) is 15.0 Å². The van der Waals surface area contributed by atoms with E-state index < -0.39 is 12.2 Å². The van der Waals surface area contributed by atoms with Gasteiger partial charge in [-0.25, -0.2) is 0 Å². The topological polar surface area (TPSA) is 66.8 Å². The first-order chi connectivity index (χ1) is 11.6. The van der Waals surface area contributed by atoms with Crippen molar-refractivity contribution in [3.05, 3.63) is 0 Å². The van der Waals surface area contributed by atoms with E-state index in [4.69, 9.17) is 4.74 Å². The van der Waals surface area contributed by atoms with Crippen molar-refractivity contribution in [3.8, 4) is 0 Å². The number of esters is 1. The van der Waals surface area contributed by atoms with Crippen LogP contribution in [0.4, 0.5) is 0 Å². The van der Waals surface area contributed by atoms with E-state index in [-0.39, 0.29) is 5.97 Å². The number of carbonyl (C=O) groups is 1.